The number of benzene rings is 2. The summed E-state index contributed by atoms with van der Waals surface area (Å²) in [5.74, 6) is 1.42. The first kappa shape index (κ1) is 17.3. The molecule has 0 aliphatic heterocycles. The fraction of sp³-hybridized carbons (Fsp3) is 0.263. The fourth-order valence-corrected chi connectivity index (χ4v) is 3.57. The van der Waals surface area contributed by atoms with Gasteiger partial charge in [0.1, 0.15) is 29.8 Å². The van der Waals surface area contributed by atoms with E-state index in [9.17, 15) is 5.11 Å². The average Bonchev–Trinajstić information content (AvgIpc) is 3.36. The Kier molecular flexibility index (Phi) is 4.61. The average molecular weight is 390 g/mol. The van der Waals surface area contributed by atoms with Gasteiger partial charge >= 0.3 is 0 Å². The van der Waals surface area contributed by atoms with E-state index in [0.717, 1.165) is 12.8 Å². The van der Waals surface area contributed by atoms with E-state index in [1.54, 1.807) is 41.3 Å². The van der Waals surface area contributed by atoms with Crippen LogP contribution in [0.3, 0.4) is 0 Å². The molecular weight excluding hydrogens is 373 g/mol. The van der Waals surface area contributed by atoms with Gasteiger partial charge in [0.25, 0.3) is 0 Å². The Hall–Kier alpha value is -2.08. The Morgan fingerprint density at radius 3 is 2.46 bits per heavy atom. The maximum absolute atomic E-state index is 11.4. The molecule has 5 nitrogen and oxygen atoms in total. The van der Waals surface area contributed by atoms with Crippen molar-refractivity contribution in [3.05, 3.63) is 70.7 Å². The molecule has 1 aromatic heterocycles. The van der Waals surface area contributed by atoms with Crippen LogP contribution in [0, 0.1) is 5.92 Å². The molecule has 1 fully saturated rings. The van der Waals surface area contributed by atoms with E-state index in [4.69, 9.17) is 27.9 Å². The molecule has 1 aliphatic rings. The van der Waals surface area contributed by atoms with Crippen LogP contribution in [0.25, 0.3) is 0 Å². The predicted molar refractivity (Wildman–Crippen MR) is 99.6 cm³/mol. The molecule has 0 amide bonds. The van der Waals surface area contributed by atoms with Gasteiger partial charge in [0, 0.05) is 10.6 Å². The Labute approximate surface area is 161 Å². The molecule has 134 valence electrons. The number of rotatable bonds is 6. The van der Waals surface area contributed by atoms with Crippen LogP contribution >= 0.6 is 23.2 Å². The van der Waals surface area contributed by atoms with Crippen LogP contribution in [0.2, 0.25) is 10.0 Å². The monoisotopic (exact) mass is 389 g/mol. The number of nitrogens with zero attached hydrogens (tertiary/aromatic N) is 3. The van der Waals surface area contributed by atoms with Crippen molar-refractivity contribution in [3.8, 4) is 11.5 Å². The van der Waals surface area contributed by atoms with Crippen molar-refractivity contribution in [1.29, 1.82) is 0 Å². The molecule has 3 aromatic rings. The SMILES string of the molecule is O[C@@](Cn1cncn1)(c1ccc(Oc2ccc(Cl)cc2)cc1Cl)C1CC1. The zero-order valence-corrected chi connectivity index (χ0v) is 15.4. The van der Waals surface area contributed by atoms with Crippen LogP contribution in [0.5, 0.6) is 11.5 Å². The highest BCUT2D eigenvalue weighted by atomic mass is 35.5. The van der Waals surface area contributed by atoms with Gasteiger partial charge in [-0.2, -0.15) is 5.10 Å². The highest BCUT2D eigenvalue weighted by Crippen LogP contribution is 2.49. The molecule has 1 atom stereocenters. The van der Waals surface area contributed by atoms with Gasteiger partial charge in [-0.1, -0.05) is 29.3 Å². The van der Waals surface area contributed by atoms with Crippen molar-refractivity contribution in [2.24, 2.45) is 5.92 Å². The zero-order valence-electron chi connectivity index (χ0n) is 13.8. The van der Waals surface area contributed by atoms with Gasteiger partial charge < -0.3 is 9.84 Å². The number of aliphatic hydroxyl groups is 1. The molecule has 0 bridgehead atoms. The van der Waals surface area contributed by atoms with Gasteiger partial charge in [-0.3, -0.25) is 0 Å². The molecular formula is C19H17Cl2N3O2. The second-order valence-electron chi connectivity index (χ2n) is 6.49. The quantitative estimate of drug-likeness (QED) is 0.664. The van der Waals surface area contributed by atoms with E-state index in [2.05, 4.69) is 10.1 Å². The molecule has 0 radical (unpaired) electrons. The number of halogens is 2. The van der Waals surface area contributed by atoms with Gasteiger partial charge in [-0.25, -0.2) is 9.67 Å². The normalized spacial score (nSPS) is 16.3. The van der Waals surface area contributed by atoms with Crippen molar-refractivity contribution in [3.63, 3.8) is 0 Å². The molecule has 4 rings (SSSR count). The summed E-state index contributed by atoms with van der Waals surface area (Å²) in [4.78, 5) is 3.95. The molecule has 0 saturated heterocycles. The van der Waals surface area contributed by atoms with Gasteiger partial charge in [0.05, 0.1) is 11.6 Å². The summed E-state index contributed by atoms with van der Waals surface area (Å²) in [6.07, 6.45) is 4.98. The molecule has 0 unspecified atom stereocenters. The molecule has 1 heterocycles. The van der Waals surface area contributed by atoms with Crippen LogP contribution < -0.4 is 4.74 Å². The topological polar surface area (TPSA) is 60.2 Å². The maximum atomic E-state index is 11.4. The fourth-order valence-electron chi connectivity index (χ4n) is 3.11. The Morgan fingerprint density at radius 2 is 1.85 bits per heavy atom. The summed E-state index contributed by atoms with van der Waals surface area (Å²) in [7, 11) is 0. The number of hydrogen-bond donors (Lipinski definition) is 1. The summed E-state index contributed by atoms with van der Waals surface area (Å²) >= 11 is 12.4. The third-order valence-electron chi connectivity index (χ3n) is 4.58. The molecule has 1 N–H and O–H groups in total. The number of hydrogen-bond acceptors (Lipinski definition) is 4. The molecule has 2 aromatic carbocycles. The zero-order chi connectivity index (χ0) is 18.1. The second-order valence-corrected chi connectivity index (χ2v) is 7.33. The van der Waals surface area contributed by atoms with E-state index in [1.807, 2.05) is 12.1 Å². The van der Waals surface area contributed by atoms with E-state index < -0.39 is 5.60 Å². The van der Waals surface area contributed by atoms with Crippen molar-refractivity contribution in [2.45, 2.75) is 25.0 Å². The summed E-state index contributed by atoms with van der Waals surface area (Å²) in [5.41, 5.74) is -0.399. The summed E-state index contributed by atoms with van der Waals surface area (Å²) in [6.45, 7) is 0.314. The third kappa shape index (κ3) is 3.56. The summed E-state index contributed by atoms with van der Waals surface area (Å²) in [5, 5.41) is 16.6. The predicted octanol–water partition coefficient (Wildman–Crippen LogP) is 4.68. The minimum absolute atomic E-state index is 0.159. The summed E-state index contributed by atoms with van der Waals surface area (Å²) in [6, 6.07) is 12.5. The third-order valence-corrected chi connectivity index (χ3v) is 5.14. The Balaban J connectivity index is 1.60. The highest BCUT2D eigenvalue weighted by Gasteiger charge is 2.46. The van der Waals surface area contributed by atoms with E-state index in [-0.39, 0.29) is 5.92 Å². The van der Waals surface area contributed by atoms with Crippen molar-refractivity contribution >= 4 is 23.2 Å². The van der Waals surface area contributed by atoms with Crippen molar-refractivity contribution < 1.29 is 9.84 Å². The van der Waals surface area contributed by atoms with E-state index >= 15 is 0 Å². The lowest BCUT2D eigenvalue weighted by atomic mass is 9.88. The lowest BCUT2D eigenvalue weighted by Crippen LogP contribution is -2.34. The standard InChI is InChI=1S/C19H17Cl2N3O2/c20-14-3-5-15(6-4-14)26-16-7-8-17(18(21)9-16)19(25,13-1-2-13)10-24-12-22-11-23-24/h3-9,11-13,25H,1-2,10H2/t19-/m1/s1. The van der Waals surface area contributed by atoms with E-state index in [0.29, 0.717) is 33.7 Å². The first-order valence-electron chi connectivity index (χ1n) is 8.33. The smallest absolute Gasteiger partial charge is 0.137 e. The van der Waals surface area contributed by atoms with Gasteiger partial charge in [0.15, 0.2) is 0 Å². The molecule has 7 heteroatoms. The van der Waals surface area contributed by atoms with Gasteiger partial charge in [0.2, 0.25) is 0 Å². The molecule has 1 saturated carbocycles. The minimum Gasteiger partial charge on any atom is -0.457 e. The largest absolute Gasteiger partial charge is 0.457 e. The number of aromatic nitrogens is 3. The molecule has 1 aliphatic carbocycles. The van der Waals surface area contributed by atoms with Crippen LogP contribution in [-0.2, 0) is 12.1 Å². The Bertz CT molecular complexity index is 896. The van der Waals surface area contributed by atoms with Crippen molar-refractivity contribution in [2.75, 3.05) is 0 Å². The van der Waals surface area contributed by atoms with Crippen molar-refractivity contribution in [1.82, 2.24) is 14.8 Å². The lowest BCUT2D eigenvalue weighted by Gasteiger charge is -2.29. The van der Waals surface area contributed by atoms with Crippen LogP contribution in [-0.4, -0.2) is 19.9 Å². The lowest BCUT2D eigenvalue weighted by molar-refractivity contribution is -0.00768. The first-order valence-corrected chi connectivity index (χ1v) is 9.08. The van der Waals surface area contributed by atoms with Crippen LogP contribution in [0.1, 0.15) is 18.4 Å². The second kappa shape index (κ2) is 6.91. The Morgan fingerprint density at radius 1 is 1.12 bits per heavy atom. The number of ether oxygens (including phenoxy) is 1. The van der Waals surface area contributed by atoms with Gasteiger partial charge in [-0.05, 0) is 55.2 Å². The maximum Gasteiger partial charge on any atom is 0.137 e. The minimum atomic E-state index is -1.08. The first-order chi connectivity index (χ1) is 12.5. The van der Waals surface area contributed by atoms with Gasteiger partial charge in [-0.15, -0.1) is 0 Å². The van der Waals surface area contributed by atoms with E-state index in [1.165, 1.54) is 6.33 Å². The summed E-state index contributed by atoms with van der Waals surface area (Å²) < 4.78 is 7.44. The van der Waals surface area contributed by atoms with Crippen LogP contribution in [0.15, 0.2) is 55.1 Å². The molecule has 26 heavy (non-hydrogen) atoms. The van der Waals surface area contributed by atoms with Crippen LogP contribution in [0.4, 0.5) is 0 Å². The highest BCUT2D eigenvalue weighted by molar-refractivity contribution is 6.31. The molecule has 0 spiro atoms.